The topological polar surface area (TPSA) is 34.1 Å². The van der Waals surface area contributed by atoms with Gasteiger partial charge in [0, 0.05) is 4.88 Å². The first-order chi connectivity index (χ1) is 5.99. The summed E-state index contributed by atoms with van der Waals surface area (Å²) < 4.78 is 23.2. The van der Waals surface area contributed by atoms with E-state index in [0.29, 0.717) is 4.90 Å². The van der Waals surface area contributed by atoms with Crippen LogP contribution in [0.1, 0.15) is 31.6 Å². The van der Waals surface area contributed by atoms with Gasteiger partial charge in [-0.2, -0.15) is 0 Å². The predicted molar refractivity (Wildman–Crippen MR) is 56.1 cm³/mol. The minimum atomic E-state index is -3.02. The second kappa shape index (κ2) is 3.80. The van der Waals surface area contributed by atoms with E-state index in [9.17, 15) is 8.42 Å². The van der Waals surface area contributed by atoms with Crippen LogP contribution in [0.2, 0.25) is 0 Å². The maximum Gasteiger partial charge on any atom is 0.179 e. The molecule has 0 aromatic carbocycles. The van der Waals surface area contributed by atoms with E-state index in [1.807, 2.05) is 19.2 Å². The number of rotatable bonds is 3. The minimum Gasteiger partial charge on any atom is -0.224 e. The molecule has 0 saturated heterocycles. The molecule has 0 aliphatic heterocycles. The lowest BCUT2D eigenvalue weighted by atomic mass is 10.2. The zero-order chi connectivity index (χ0) is 10.1. The Kier molecular flexibility index (Phi) is 3.14. The van der Waals surface area contributed by atoms with Crippen molar-refractivity contribution < 1.29 is 8.42 Å². The summed E-state index contributed by atoms with van der Waals surface area (Å²) in [5.74, 6) is 0.472. The molecule has 0 amide bonds. The van der Waals surface area contributed by atoms with Crippen LogP contribution >= 0.6 is 11.3 Å². The van der Waals surface area contributed by atoms with Gasteiger partial charge in [-0.05, 0) is 17.4 Å². The van der Waals surface area contributed by atoms with E-state index in [1.165, 1.54) is 11.3 Å². The van der Waals surface area contributed by atoms with Crippen molar-refractivity contribution in [2.75, 3.05) is 5.75 Å². The summed E-state index contributed by atoms with van der Waals surface area (Å²) >= 11 is 1.52. The van der Waals surface area contributed by atoms with E-state index >= 15 is 0 Å². The monoisotopic (exact) mass is 218 g/mol. The fraction of sp³-hybridized carbons (Fsp3) is 0.556. The van der Waals surface area contributed by atoms with Crippen molar-refractivity contribution in [3.63, 3.8) is 0 Å². The number of hydrogen-bond donors (Lipinski definition) is 0. The number of thiophene rings is 1. The smallest absolute Gasteiger partial charge is 0.179 e. The highest BCUT2D eigenvalue weighted by Crippen LogP contribution is 2.29. The molecule has 0 saturated carbocycles. The molecule has 13 heavy (non-hydrogen) atoms. The molecule has 1 rings (SSSR count). The van der Waals surface area contributed by atoms with Crippen LogP contribution < -0.4 is 0 Å². The Morgan fingerprint density at radius 3 is 2.54 bits per heavy atom. The molecule has 0 fully saturated rings. The Bertz CT molecular complexity index is 374. The Morgan fingerprint density at radius 2 is 2.08 bits per heavy atom. The van der Waals surface area contributed by atoms with Gasteiger partial charge in [-0.15, -0.1) is 11.3 Å². The molecule has 2 nitrogen and oxygen atoms in total. The van der Waals surface area contributed by atoms with E-state index in [-0.39, 0.29) is 11.7 Å². The Labute approximate surface area is 83.5 Å². The molecule has 1 heterocycles. The molecule has 0 unspecified atom stereocenters. The summed E-state index contributed by atoms with van der Waals surface area (Å²) in [6.07, 6.45) is 0. The number of hydrogen-bond acceptors (Lipinski definition) is 3. The highest BCUT2D eigenvalue weighted by atomic mass is 32.2. The average Bonchev–Trinajstić information content (AvgIpc) is 2.52. The maximum atomic E-state index is 11.6. The van der Waals surface area contributed by atoms with Gasteiger partial charge in [0.05, 0.1) is 10.6 Å². The van der Waals surface area contributed by atoms with Crippen molar-refractivity contribution in [1.82, 2.24) is 0 Å². The van der Waals surface area contributed by atoms with Gasteiger partial charge in [-0.3, -0.25) is 0 Å². The summed E-state index contributed by atoms with van der Waals surface area (Å²) in [5, 5.41) is 1.85. The Hall–Kier alpha value is -0.350. The lowest BCUT2D eigenvalue weighted by Crippen LogP contribution is -2.05. The van der Waals surface area contributed by atoms with Crippen LogP contribution in [0.3, 0.4) is 0 Å². The van der Waals surface area contributed by atoms with Crippen LogP contribution in [0.15, 0.2) is 16.3 Å². The lowest BCUT2D eigenvalue weighted by Gasteiger charge is -2.05. The fourth-order valence-electron chi connectivity index (χ4n) is 1.14. The van der Waals surface area contributed by atoms with Crippen LogP contribution in [-0.4, -0.2) is 14.2 Å². The van der Waals surface area contributed by atoms with Gasteiger partial charge in [-0.25, -0.2) is 8.42 Å². The third-order valence-corrected chi connectivity index (χ3v) is 5.03. The molecule has 0 spiro atoms. The van der Waals surface area contributed by atoms with Crippen LogP contribution in [0, 0.1) is 0 Å². The molecule has 0 aliphatic rings. The molecule has 74 valence electrons. The quantitative estimate of drug-likeness (QED) is 0.781. The van der Waals surface area contributed by atoms with E-state index in [0.717, 1.165) is 4.88 Å². The van der Waals surface area contributed by atoms with Crippen molar-refractivity contribution in [2.24, 2.45) is 0 Å². The third-order valence-electron chi connectivity index (χ3n) is 1.90. The van der Waals surface area contributed by atoms with E-state index in [1.54, 1.807) is 13.0 Å². The third kappa shape index (κ3) is 2.11. The van der Waals surface area contributed by atoms with Crippen LogP contribution in [0.25, 0.3) is 0 Å². The van der Waals surface area contributed by atoms with Gasteiger partial charge in [-0.1, -0.05) is 20.8 Å². The second-order valence-corrected chi connectivity index (χ2v) is 6.40. The molecule has 4 heteroatoms. The molecule has 0 radical (unpaired) electrons. The first kappa shape index (κ1) is 10.7. The van der Waals surface area contributed by atoms with Crippen LogP contribution in [0.4, 0.5) is 0 Å². The predicted octanol–water partition coefficient (Wildman–Crippen LogP) is 2.67. The largest absolute Gasteiger partial charge is 0.224 e. The van der Waals surface area contributed by atoms with Crippen molar-refractivity contribution in [3.05, 3.63) is 16.3 Å². The van der Waals surface area contributed by atoms with Gasteiger partial charge in [0.15, 0.2) is 9.84 Å². The zero-order valence-electron chi connectivity index (χ0n) is 8.07. The summed E-state index contributed by atoms with van der Waals surface area (Å²) in [7, 11) is -3.02. The van der Waals surface area contributed by atoms with Gasteiger partial charge in [0.1, 0.15) is 0 Å². The Morgan fingerprint density at radius 1 is 1.46 bits per heavy atom. The molecular weight excluding hydrogens is 204 g/mol. The molecular formula is C9H14O2S2. The van der Waals surface area contributed by atoms with Crippen molar-refractivity contribution in [2.45, 2.75) is 31.6 Å². The first-order valence-electron chi connectivity index (χ1n) is 4.29. The van der Waals surface area contributed by atoms with Crippen molar-refractivity contribution in [3.8, 4) is 0 Å². The van der Waals surface area contributed by atoms with Gasteiger partial charge in [0.25, 0.3) is 0 Å². The molecule has 1 aromatic rings. The van der Waals surface area contributed by atoms with Gasteiger partial charge in [0.2, 0.25) is 0 Å². The van der Waals surface area contributed by atoms with E-state index in [4.69, 9.17) is 0 Å². The normalized spacial score (nSPS) is 12.3. The summed E-state index contributed by atoms with van der Waals surface area (Å²) in [6.45, 7) is 5.71. The molecule has 0 aliphatic carbocycles. The lowest BCUT2D eigenvalue weighted by molar-refractivity contribution is 0.596. The highest BCUT2D eigenvalue weighted by molar-refractivity contribution is 7.91. The molecule has 0 bridgehead atoms. The molecule has 1 aromatic heterocycles. The van der Waals surface area contributed by atoms with Gasteiger partial charge < -0.3 is 0 Å². The summed E-state index contributed by atoms with van der Waals surface area (Å²) in [6, 6.07) is 1.71. The van der Waals surface area contributed by atoms with Crippen LogP contribution in [-0.2, 0) is 9.84 Å². The molecule has 0 atom stereocenters. The summed E-state index contributed by atoms with van der Waals surface area (Å²) in [5.41, 5.74) is 0. The van der Waals surface area contributed by atoms with E-state index in [2.05, 4.69) is 0 Å². The van der Waals surface area contributed by atoms with Crippen molar-refractivity contribution in [1.29, 1.82) is 0 Å². The fourth-order valence-corrected chi connectivity index (χ4v) is 3.69. The van der Waals surface area contributed by atoms with Crippen LogP contribution in [0.5, 0.6) is 0 Å². The standard InChI is InChI=1S/C9H14O2S2/c1-4-13(10,11)8-5-6-12-9(8)7(2)3/h5-7H,4H2,1-3H3. The summed E-state index contributed by atoms with van der Waals surface area (Å²) in [4.78, 5) is 1.50. The highest BCUT2D eigenvalue weighted by Gasteiger charge is 2.19. The van der Waals surface area contributed by atoms with Crippen molar-refractivity contribution >= 4 is 21.2 Å². The van der Waals surface area contributed by atoms with Gasteiger partial charge >= 0.3 is 0 Å². The average molecular weight is 218 g/mol. The Balaban J connectivity index is 3.23. The SMILES string of the molecule is CCS(=O)(=O)c1ccsc1C(C)C. The molecule has 0 N–H and O–H groups in total. The van der Waals surface area contributed by atoms with E-state index < -0.39 is 9.84 Å². The second-order valence-electron chi connectivity index (χ2n) is 3.21. The maximum absolute atomic E-state index is 11.6. The number of sulfone groups is 1. The first-order valence-corrected chi connectivity index (χ1v) is 6.82. The zero-order valence-corrected chi connectivity index (χ0v) is 9.71. The minimum absolute atomic E-state index is 0.184.